The summed E-state index contributed by atoms with van der Waals surface area (Å²) in [4.78, 5) is 14.6. The van der Waals surface area contributed by atoms with E-state index in [9.17, 15) is 18.0 Å². The minimum atomic E-state index is -4.87. The molecule has 0 radical (unpaired) electrons. The minimum Gasteiger partial charge on any atom is -0.481 e. The fourth-order valence-electron chi connectivity index (χ4n) is 1.09. The van der Waals surface area contributed by atoms with Crippen LogP contribution < -0.4 is 9.47 Å². The number of aromatic nitrogens is 1. The first-order chi connectivity index (χ1) is 7.74. The van der Waals surface area contributed by atoms with Gasteiger partial charge in [-0.2, -0.15) is 0 Å². The summed E-state index contributed by atoms with van der Waals surface area (Å²) in [6.07, 6.45) is -4.87. The molecule has 1 rings (SSSR count). The Balaban J connectivity index is 3.29. The van der Waals surface area contributed by atoms with E-state index in [4.69, 9.17) is 11.6 Å². The molecular weight excluding hydrogens is 263 g/mol. The van der Waals surface area contributed by atoms with Crippen molar-refractivity contribution in [3.05, 3.63) is 17.3 Å². The number of methoxy groups -OCH3 is 1. The molecule has 0 atom stereocenters. The van der Waals surface area contributed by atoms with Crippen LogP contribution in [0.25, 0.3) is 0 Å². The number of hydrogen-bond acceptors (Lipinski definition) is 4. The molecule has 1 aromatic heterocycles. The van der Waals surface area contributed by atoms with Crippen LogP contribution in [0.15, 0.2) is 6.07 Å². The zero-order valence-corrected chi connectivity index (χ0v) is 9.52. The summed E-state index contributed by atoms with van der Waals surface area (Å²) < 4.78 is 44.6. The Bertz CT molecular complexity index is 448. The van der Waals surface area contributed by atoms with E-state index in [-0.39, 0.29) is 17.1 Å². The first-order valence-electron chi connectivity index (χ1n) is 4.26. The van der Waals surface area contributed by atoms with Crippen LogP contribution in [0, 0.1) is 6.92 Å². The van der Waals surface area contributed by atoms with Gasteiger partial charge in [-0.05, 0) is 18.5 Å². The summed E-state index contributed by atoms with van der Waals surface area (Å²) in [6, 6.07) is 0.923. The SMILES string of the molecule is COc1cc(OC(F)(F)F)c(C)c(C(=O)Cl)n1. The number of nitrogens with zero attached hydrogens (tertiary/aromatic N) is 1. The highest BCUT2D eigenvalue weighted by molar-refractivity contribution is 6.67. The van der Waals surface area contributed by atoms with Gasteiger partial charge in [0, 0.05) is 11.6 Å². The van der Waals surface area contributed by atoms with E-state index < -0.39 is 17.4 Å². The van der Waals surface area contributed by atoms with Crippen LogP contribution in [0.3, 0.4) is 0 Å². The van der Waals surface area contributed by atoms with Gasteiger partial charge in [-0.3, -0.25) is 4.79 Å². The van der Waals surface area contributed by atoms with Gasteiger partial charge in [-0.1, -0.05) is 0 Å². The van der Waals surface area contributed by atoms with Crippen molar-refractivity contribution in [1.82, 2.24) is 4.98 Å². The predicted molar refractivity (Wildman–Crippen MR) is 52.4 cm³/mol. The van der Waals surface area contributed by atoms with Gasteiger partial charge < -0.3 is 9.47 Å². The van der Waals surface area contributed by atoms with Crippen LogP contribution >= 0.6 is 11.6 Å². The summed E-state index contributed by atoms with van der Waals surface area (Å²) in [7, 11) is 1.19. The molecule has 1 aromatic rings. The normalized spacial score (nSPS) is 11.2. The van der Waals surface area contributed by atoms with Gasteiger partial charge in [0.15, 0.2) is 0 Å². The van der Waals surface area contributed by atoms with Gasteiger partial charge >= 0.3 is 6.36 Å². The van der Waals surface area contributed by atoms with Crippen molar-refractivity contribution in [3.63, 3.8) is 0 Å². The lowest BCUT2D eigenvalue weighted by Gasteiger charge is -2.13. The lowest BCUT2D eigenvalue weighted by atomic mass is 10.2. The molecule has 1 heterocycles. The topological polar surface area (TPSA) is 48.4 Å². The third-order valence-corrected chi connectivity index (χ3v) is 2.00. The minimum absolute atomic E-state index is 0.108. The van der Waals surface area contributed by atoms with E-state index in [1.165, 1.54) is 14.0 Å². The molecule has 0 N–H and O–H groups in total. The molecule has 0 saturated carbocycles. The van der Waals surface area contributed by atoms with Crippen LogP contribution in [0.4, 0.5) is 13.2 Å². The molecule has 0 aromatic carbocycles. The van der Waals surface area contributed by atoms with E-state index in [1.807, 2.05) is 0 Å². The summed E-state index contributed by atoms with van der Waals surface area (Å²) in [5, 5.41) is -0.992. The van der Waals surface area contributed by atoms with Crippen molar-refractivity contribution in [2.24, 2.45) is 0 Å². The smallest absolute Gasteiger partial charge is 0.481 e. The molecule has 0 saturated heterocycles. The van der Waals surface area contributed by atoms with Crippen molar-refractivity contribution < 1.29 is 27.4 Å². The van der Waals surface area contributed by atoms with Crippen molar-refractivity contribution in [2.45, 2.75) is 13.3 Å². The van der Waals surface area contributed by atoms with Gasteiger partial charge in [0.1, 0.15) is 11.4 Å². The van der Waals surface area contributed by atoms with E-state index in [2.05, 4.69) is 14.5 Å². The maximum atomic E-state index is 12.1. The lowest BCUT2D eigenvalue weighted by molar-refractivity contribution is -0.274. The van der Waals surface area contributed by atoms with Gasteiger partial charge in [-0.25, -0.2) is 4.98 Å². The molecule has 0 spiro atoms. The van der Waals surface area contributed by atoms with Gasteiger partial charge in [0.2, 0.25) is 5.88 Å². The lowest BCUT2D eigenvalue weighted by Crippen LogP contribution is -2.18. The van der Waals surface area contributed by atoms with Crippen molar-refractivity contribution in [2.75, 3.05) is 7.11 Å². The molecule has 8 heteroatoms. The monoisotopic (exact) mass is 269 g/mol. The zero-order valence-electron chi connectivity index (χ0n) is 8.76. The fraction of sp³-hybridized carbons (Fsp3) is 0.333. The first kappa shape index (κ1) is 13.6. The molecule has 0 amide bonds. The van der Waals surface area contributed by atoms with Gasteiger partial charge in [0.25, 0.3) is 5.24 Å². The van der Waals surface area contributed by atoms with Crippen LogP contribution in [-0.4, -0.2) is 23.7 Å². The third-order valence-electron chi connectivity index (χ3n) is 1.82. The molecule has 4 nitrogen and oxygen atoms in total. The molecule has 0 bridgehead atoms. The highest BCUT2D eigenvalue weighted by atomic mass is 35.5. The molecule has 94 valence electrons. The van der Waals surface area contributed by atoms with Crippen molar-refractivity contribution in [3.8, 4) is 11.6 Å². The molecule has 0 aliphatic rings. The Morgan fingerprint density at radius 3 is 2.47 bits per heavy atom. The number of rotatable bonds is 3. The Kier molecular flexibility index (Phi) is 3.82. The molecule has 0 unspecified atom stereocenters. The second kappa shape index (κ2) is 4.79. The fourth-order valence-corrected chi connectivity index (χ4v) is 1.27. The zero-order chi connectivity index (χ0) is 13.2. The molecule has 17 heavy (non-hydrogen) atoms. The third kappa shape index (κ3) is 3.48. The molecular formula is C9H7ClF3NO3. The average molecular weight is 270 g/mol. The first-order valence-corrected chi connectivity index (χ1v) is 4.63. The Morgan fingerprint density at radius 1 is 1.47 bits per heavy atom. The van der Waals surface area contributed by atoms with Crippen LogP contribution in [0.2, 0.25) is 0 Å². The van der Waals surface area contributed by atoms with Crippen LogP contribution in [0.1, 0.15) is 16.1 Å². The van der Waals surface area contributed by atoms with E-state index >= 15 is 0 Å². The standard InChI is InChI=1S/C9H7ClF3NO3/c1-4-5(17-9(11,12)13)3-6(16-2)14-7(4)8(10)15/h3H,1-2H3. The maximum absolute atomic E-state index is 12.1. The summed E-state index contributed by atoms with van der Waals surface area (Å²) in [6.45, 7) is 1.24. The predicted octanol–water partition coefficient (Wildman–Crippen LogP) is 2.68. The number of carbonyl (C=O) groups is 1. The number of carbonyl (C=O) groups excluding carboxylic acids is 1. The highest BCUT2D eigenvalue weighted by Crippen LogP contribution is 2.30. The van der Waals surface area contributed by atoms with E-state index in [0.717, 1.165) is 6.07 Å². The van der Waals surface area contributed by atoms with E-state index in [0.29, 0.717) is 0 Å². The highest BCUT2D eigenvalue weighted by Gasteiger charge is 2.33. The van der Waals surface area contributed by atoms with Crippen molar-refractivity contribution in [1.29, 1.82) is 0 Å². The molecule has 0 aliphatic heterocycles. The summed E-state index contributed by atoms with van der Waals surface area (Å²) in [5.41, 5.74) is -0.451. The van der Waals surface area contributed by atoms with Crippen LogP contribution in [0.5, 0.6) is 11.6 Å². The largest absolute Gasteiger partial charge is 0.573 e. The second-order valence-electron chi connectivity index (χ2n) is 2.96. The Labute approximate surface area is 99.3 Å². The van der Waals surface area contributed by atoms with Gasteiger partial charge in [0.05, 0.1) is 7.11 Å². The number of alkyl halides is 3. The quantitative estimate of drug-likeness (QED) is 0.792. The number of ether oxygens (including phenoxy) is 2. The molecule has 0 aliphatic carbocycles. The van der Waals surface area contributed by atoms with Crippen molar-refractivity contribution >= 4 is 16.8 Å². The Morgan fingerprint density at radius 2 is 2.06 bits per heavy atom. The number of halogens is 4. The average Bonchev–Trinajstić information content (AvgIpc) is 2.18. The summed E-state index contributed by atoms with van der Waals surface area (Å²) >= 11 is 5.19. The van der Waals surface area contributed by atoms with Gasteiger partial charge in [-0.15, -0.1) is 13.2 Å². The van der Waals surface area contributed by atoms with E-state index in [1.54, 1.807) is 0 Å². The van der Waals surface area contributed by atoms with Crippen LogP contribution in [-0.2, 0) is 0 Å². The number of hydrogen-bond donors (Lipinski definition) is 0. The second-order valence-corrected chi connectivity index (χ2v) is 3.30. The summed E-state index contributed by atoms with van der Waals surface area (Å²) in [5.74, 6) is -0.771. The number of pyridine rings is 1. The maximum Gasteiger partial charge on any atom is 0.573 e. The molecule has 0 fully saturated rings. The Hall–Kier alpha value is -1.50.